The van der Waals surface area contributed by atoms with Crippen LogP contribution in [0, 0.1) is 6.92 Å². The monoisotopic (exact) mass is 525 g/mol. The summed E-state index contributed by atoms with van der Waals surface area (Å²) in [5.74, 6) is 1.96. The van der Waals surface area contributed by atoms with Crippen LogP contribution in [-0.4, -0.2) is 35.9 Å². The predicted molar refractivity (Wildman–Crippen MR) is 115 cm³/mol. The highest BCUT2D eigenvalue weighted by atomic mass is 127. The Balaban J connectivity index is 0.00000420. The molecule has 0 bridgehead atoms. The number of aromatic nitrogens is 2. The first-order valence-corrected chi connectivity index (χ1v) is 9.03. The second-order valence-electron chi connectivity index (χ2n) is 5.77. The maximum absolute atomic E-state index is 12.8. The van der Waals surface area contributed by atoms with Gasteiger partial charge in [0.2, 0.25) is 5.89 Å². The number of aliphatic imine (C=N–C) groups is 1. The van der Waals surface area contributed by atoms with E-state index in [1.165, 1.54) is 6.07 Å². The Morgan fingerprint density at radius 3 is 2.69 bits per heavy atom. The molecule has 11 heteroatoms. The first kappa shape index (κ1) is 24.9. The minimum atomic E-state index is -2.93. The van der Waals surface area contributed by atoms with E-state index in [1.807, 2.05) is 13.8 Å². The highest BCUT2D eigenvalue weighted by Gasteiger charge is 2.12. The maximum Gasteiger partial charge on any atom is 0.387 e. The van der Waals surface area contributed by atoms with E-state index in [4.69, 9.17) is 9.26 Å². The van der Waals surface area contributed by atoms with E-state index in [0.29, 0.717) is 48.7 Å². The van der Waals surface area contributed by atoms with Gasteiger partial charge in [-0.15, -0.1) is 24.0 Å². The summed E-state index contributed by atoms with van der Waals surface area (Å²) in [6, 6.07) is 4.83. The van der Waals surface area contributed by atoms with Crippen molar-refractivity contribution in [3.05, 3.63) is 35.5 Å². The molecule has 29 heavy (non-hydrogen) atoms. The maximum atomic E-state index is 12.8. The fraction of sp³-hybridized carbons (Fsp3) is 0.500. The van der Waals surface area contributed by atoms with Crippen LogP contribution in [0.4, 0.5) is 8.78 Å². The standard InChI is InChI=1S/C18H25F2N5O3.HI/c1-4-8-26-14-7-6-13(15(9-14)27-17(19)20)10-22-18(21-5-2)23-11-16-24-12(3)28-25-16;/h6-7,9,17H,4-5,8,10-11H2,1-3H3,(H2,21,22,23);1H. The Hall–Kier alpha value is -2.18. The number of rotatable bonds is 10. The summed E-state index contributed by atoms with van der Waals surface area (Å²) in [6.45, 7) is 4.22. The third kappa shape index (κ3) is 8.79. The molecule has 0 saturated carbocycles. The van der Waals surface area contributed by atoms with Crippen molar-refractivity contribution in [2.24, 2.45) is 4.99 Å². The van der Waals surface area contributed by atoms with E-state index in [1.54, 1.807) is 19.1 Å². The normalized spacial score (nSPS) is 11.2. The molecular formula is C18H26F2IN5O3. The number of guanidine groups is 1. The molecule has 2 N–H and O–H groups in total. The van der Waals surface area contributed by atoms with Crippen LogP contribution in [0.25, 0.3) is 0 Å². The van der Waals surface area contributed by atoms with Gasteiger partial charge in [0.05, 0.1) is 19.7 Å². The Bertz CT molecular complexity index is 774. The van der Waals surface area contributed by atoms with E-state index in [2.05, 4.69) is 30.5 Å². The van der Waals surface area contributed by atoms with Crippen LogP contribution in [-0.2, 0) is 13.1 Å². The van der Waals surface area contributed by atoms with E-state index >= 15 is 0 Å². The fourth-order valence-corrected chi connectivity index (χ4v) is 2.26. The van der Waals surface area contributed by atoms with Crippen molar-refractivity contribution in [2.75, 3.05) is 13.2 Å². The van der Waals surface area contributed by atoms with Crippen molar-refractivity contribution in [2.45, 2.75) is 46.9 Å². The molecule has 0 aliphatic heterocycles. The van der Waals surface area contributed by atoms with E-state index in [-0.39, 0.29) is 36.3 Å². The number of hydrogen-bond acceptors (Lipinski definition) is 6. The molecule has 2 aromatic rings. The third-order valence-corrected chi connectivity index (χ3v) is 3.46. The molecule has 0 unspecified atom stereocenters. The SMILES string of the molecule is CCCOc1ccc(CN=C(NCC)NCc2noc(C)n2)c(OC(F)F)c1.I. The van der Waals surface area contributed by atoms with Crippen molar-refractivity contribution < 1.29 is 22.8 Å². The lowest BCUT2D eigenvalue weighted by Gasteiger charge is -2.13. The number of hydrogen-bond donors (Lipinski definition) is 2. The minimum absolute atomic E-state index is 0. The third-order valence-electron chi connectivity index (χ3n) is 3.46. The molecule has 0 amide bonds. The summed E-state index contributed by atoms with van der Waals surface area (Å²) < 4.78 is 40.6. The zero-order valence-electron chi connectivity index (χ0n) is 16.6. The highest BCUT2D eigenvalue weighted by Crippen LogP contribution is 2.27. The van der Waals surface area contributed by atoms with Gasteiger partial charge in [-0.3, -0.25) is 0 Å². The Morgan fingerprint density at radius 1 is 1.28 bits per heavy atom. The Kier molecular flexibility index (Phi) is 11.2. The van der Waals surface area contributed by atoms with Crippen LogP contribution in [0.15, 0.2) is 27.7 Å². The van der Waals surface area contributed by atoms with Gasteiger partial charge >= 0.3 is 6.61 Å². The molecule has 0 aliphatic carbocycles. The quantitative estimate of drug-likeness (QED) is 0.278. The number of ether oxygens (including phenoxy) is 2. The van der Waals surface area contributed by atoms with Crippen molar-refractivity contribution in [3.8, 4) is 11.5 Å². The fourth-order valence-electron chi connectivity index (χ4n) is 2.26. The van der Waals surface area contributed by atoms with Crippen LogP contribution in [0.1, 0.15) is 37.5 Å². The molecule has 0 aliphatic rings. The summed E-state index contributed by atoms with van der Waals surface area (Å²) in [7, 11) is 0. The summed E-state index contributed by atoms with van der Waals surface area (Å²) in [4.78, 5) is 8.51. The molecule has 0 fully saturated rings. The number of halogens is 3. The van der Waals surface area contributed by atoms with Crippen LogP contribution < -0.4 is 20.1 Å². The lowest BCUT2D eigenvalue weighted by atomic mass is 10.2. The molecule has 0 radical (unpaired) electrons. The van der Waals surface area contributed by atoms with Crippen molar-refractivity contribution in [1.29, 1.82) is 0 Å². The van der Waals surface area contributed by atoms with Gasteiger partial charge in [0, 0.05) is 25.1 Å². The van der Waals surface area contributed by atoms with Crippen LogP contribution in [0.3, 0.4) is 0 Å². The molecule has 1 aromatic heterocycles. The zero-order chi connectivity index (χ0) is 20.4. The molecule has 8 nitrogen and oxygen atoms in total. The van der Waals surface area contributed by atoms with E-state index in [0.717, 1.165) is 6.42 Å². The number of aryl methyl sites for hydroxylation is 1. The van der Waals surface area contributed by atoms with Gasteiger partial charge < -0.3 is 24.6 Å². The Labute approximate surface area is 185 Å². The van der Waals surface area contributed by atoms with Crippen LogP contribution >= 0.6 is 24.0 Å². The minimum Gasteiger partial charge on any atom is -0.493 e. The second kappa shape index (κ2) is 13.1. The molecule has 1 heterocycles. The van der Waals surface area contributed by atoms with Gasteiger partial charge in [0.1, 0.15) is 11.5 Å². The van der Waals surface area contributed by atoms with Crippen molar-refractivity contribution >= 4 is 29.9 Å². The number of nitrogens with one attached hydrogen (secondary N) is 2. The molecule has 162 valence electrons. The lowest BCUT2D eigenvalue weighted by molar-refractivity contribution is -0.0505. The highest BCUT2D eigenvalue weighted by molar-refractivity contribution is 14.0. The van der Waals surface area contributed by atoms with Crippen molar-refractivity contribution in [3.63, 3.8) is 0 Å². The van der Waals surface area contributed by atoms with Crippen LogP contribution in [0.5, 0.6) is 11.5 Å². The summed E-state index contributed by atoms with van der Waals surface area (Å²) in [5.41, 5.74) is 0.511. The van der Waals surface area contributed by atoms with E-state index < -0.39 is 6.61 Å². The van der Waals surface area contributed by atoms with Gasteiger partial charge in [-0.1, -0.05) is 12.1 Å². The topological polar surface area (TPSA) is 93.8 Å². The largest absolute Gasteiger partial charge is 0.493 e. The molecule has 0 atom stereocenters. The number of nitrogens with zero attached hydrogens (tertiary/aromatic N) is 3. The van der Waals surface area contributed by atoms with Crippen molar-refractivity contribution in [1.82, 2.24) is 20.8 Å². The van der Waals surface area contributed by atoms with E-state index in [9.17, 15) is 8.78 Å². The average molecular weight is 525 g/mol. The zero-order valence-corrected chi connectivity index (χ0v) is 18.9. The number of alkyl halides is 2. The smallest absolute Gasteiger partial charge is 0.387 e. The molecule has 0 spiro atoms. The number of benzene rings is 1. The average Bonchev–Trinajstić information content (AvgIpc) is 3.08. The van der Waals surface area contributed by atoms with Gasteiger partial charge in [0.15, 0.2) is 11.8 Å². The van der Waals surface area contributed by atoms with Gasteiger partial charge in [-0.05, 0) is 25.5 Å². The summed E-state index contributed by atoms with van der Waals surface area (Å²) in [6.07, 6.45) is 0.814. The molecule has 1 aromatic carbocycles. The van der Waals surface area contributed by atoms with Gasteiger partial charge in [-0.2, -0.15) is 13.8 Å². The van der Waals surface area contributed by atoms with Gasteiger partial charge in [-0.25, -0.2) is 4.99 Å². The summed E-state index contributed by atoms with van der Waals surface area (Å²) >= 11 is 0. The summed E-state index contributed by atoms with van der Waals surface area (Å²) in [5, 5.41) is 9.93. The molecular weight excluding hydrogens is 499 g/mol. The lowest BCUT2D eigenvalue weighted by Crippen LogP contribution is -2.37. The molecule has 2 rings (SSSR count). The first-order chi connectivity index (χ1) is 13.5. The predicted octanol–water partition coefficient (Wildman–Crippen LogP) is 3.64. The van der Waals surface area contributed by atoms with Gasteiger partial charge in [0.25, 0.3) is 0 Å². The van der Waals surface area contributed by atoms with Crippen LogP contribution in [0.2, 0.25) is 0 Å². The first-order valence-electron chi connectivity index (χ1n) is 9.03. The Morgan fingerprint density at radius 2 is 2.07 bits per heavy atom. The second-order valence-corrected chi connectivity index (χ2v) is 5.77. The molecule has 0 saturated heterocycles.